The van der Waals surface area contributed by atoms with Crippen LogP contribution in [0.15, 0.2) is 48.5 Å². The van der Waals surface area contributed by atoms with Crippen molar-refractivity contribution in [1.82, 2.24) is 0 Å². The van der Waals surface area contributed by atoms with E-state index in [0.29, 0.717) is 24.5 Å². The van der Waals surface area contributed by atoms with Crippen LogP contribution in [0, 0.1) is 0 Å². The molecule has 0 heterocycles. The van der Waals surface area contributed by atoms with Crippen LogP contribution in [-0.2, 0) is 20.7 Å². The third-order valence-corrected chi connectivity index (χ3v) is 3.90. The molecule has 6 nitrogen and oxygen atoms in total. The molecule has 0 radical (unpaired) electrons. The van der Waals surface area contributed by atoms with Gasteiger partial charge in [-0.25, -0.2) is 0 Å². The second kappa shape index (κ2) is 10.2. The van der Waals surface area contributed by atoms with Gasteiger partial charge in [0.1, 0.15) is 11.5 Å². The summed E-state index contributed by atoms with van der Waals surface area (Å²) in [6.07, 6.45) is -0.174. The van der Waals surface area contributed by atoms with E-state index in [1.54, 1.807) is 32.2 Å². The Kier molecular flexibility index (Phi) is 7.67. The van der Waals surface area contributed by atoms with E-state index < -0.39 is 18.0 Å². The van der Waals surface area contributed by atoms with E-state index >= 15 is 0 Å². The maximum atomic E-state index is 12.3. The molecule has 0 aliphatic heterocycles. The molecular weight excluding hydrogens is 346 g/mol. The molecular formula is C21H25NO5. The van der Waals surface area contributed by atoms with Crippen molar-refractivity contribution in [3.8, 4) is 11.5 Å². The Morgan fingerprint density at radius 3 is 2.44 bits per heavy atom. The first-order valence-corrected chi connectivity index (χ1v) is 8.88. The zero-order valence-corrected chi connectivity index (χ0v) is 15.9. The molecule has 0 spiro atoms. The lowest BCUT2D eigenvalue weighted by Crippen LogP contribution is -2.30. The maximum absolute atomic E-state index is 12.3. The number of methoxy groups -OCH3 is 1. The molecule has 0 saturated carbocycles. The van der Waals surface area contributed by atoms with Crippen LogP contribution in [0.1, 0.15) is 25.8 Å². The van der Waals surface area contributed by atoms with E-state index in [4.69, 9.17) is 14.2 Å². The first-order chi connectivity index (χ1) is 13.0. The van der Waals surface area contributed by atoms with E-state index in [1.165, 1.54) is 0 Å². The number of benzene rings is 2. The number of amides is 1. The summed E-state index contributed by atoms with van der Waals surface area (Å²) in [5, 5.41) is 2.73. The van der Waals surface area contributed by atoms with Crippen molar-refractivity contribution in [3.05, 3.63) is 54.1 Å². The Bertz CT molecular complexity index is 757. The Morgan fingerprint density at radius 1 is 1.07 bits per heavy atom. The van der Waals surface area contributed by atoms with Crippen LogP contribution in [0.5, 0.6) is 11.5 Å². The number of para-hydroxylation sites is 2. The molecule has 0 aliphatic rings. The minimum atomic E-state index is -0.900. The van der Waals surface area contributed by atoms with Gasteiger partial charge in [-0.1, -0.05) is 24.3 Å². The molecule has 0 bridgehead atoms. The van der Waals surface area contributed by atoms with Gasteiger partial charge in [-0.2, -0.15) is 0 Å². The minimum Gasteiger partial charge on any atom is -0.497 e. The number of carbonyl (C=O) groups excluding carboxylic acids is 2. The van der Waals surface area contributed by atoms with Gasteiger partial charge in [0, 0.05) is 6.42 Å². The van der Waals surface area contributed by atoms with Crippen molar-refractivity contribution in [3.63, 3.8) is 0 Å². The lowest BCUT2D eigenvalue weighted by atomic mass is 10.1. The van der Waals surface area contributed by atoms with E-state index in [-0.39, 0.29) is 6.42 Å². The number of hydrogen-bond acceptors (Lipinski definition) is 5. The molecule has 0 aliphatic carbocycles. The van der Waals surface area contributed by atoms with Gasteiger partial charge in [0.05, 0.1) is 19.4 Å². The Morgan fingerprint density at radius 2 is 1.78 bits per heavy atom. The van der Waals surface area contributed by atoms with Gasteiger partial charge in [0.15, 0.2) is 6.10 Å². The summed E-state index contributed by atoms with van der Waals surface area (Å²) in [5.41, 5.74) is 1.54. The van der Waals surface area contributed by atoms with Gasteiger partial charge in [0.2, 0.25) is 0 Å². The number of carbonyl (C=O) groups is 2. The van der Waals surface area contributed by atoms with E-state index in [1.807, 2.05) is 37.3 Å². The third kappa shape index (κ3) is 6.33. The SMILES string of the molecule is CCOc1ccccc1NC(=O)[C@H](C)OC(=O)CCc1ccc(OC)cc1. The Labute approximate surface area is 159 Å². The van der Waals surface area contributed by atoms with Crippen molar-refractivity contribution in [2.24, 2.45) is 0 Å². The van der Waals surface area contributed by atoms with Crippen molar-refractivity contribution in [2.45, 2.75) is 32.8 Å². The molecule has 0 aromatic heterocycles. The summed E-state index contributed by atoms with van der Waals surface area (Å²) in [7, 11) is 1.60. The van der Waals surface area contributed by atoms with Crippen molar-refractivity contribution < 1.29 is 23.8 Å². The average molecular weight is 371 g/mol. The predicted octanol–water partition coefficient (Wildman–Crippen LogP) is 3.60. The first-order valence-electron chi connectivity index (χ1n) is 8.88. The molecule has 0 saturated heterocycles. The molecule has 2 rings (SSSR count). The number of esters is 1. The standard InChI is InChI=1S/C21H25NO5/c1-4-26-19-8-6-5-7-18(19)22-21(24)15(2)27-20(23)14-11-16-9-12-17(25-3)13-10-16/h5-10,12-13,15H,4,11,14H2,1-3H3,(H,22,24)/t15-/m0/s1. The molecule has 2 aromatic rings. The van der Waals surface area contributed by atoms with Gasteiger partial charge in [-0.3, -0.25) is 9.59 Å². The Hall–Kier alpha value is -3.02. The quantitative estimate of drug-likeness (QED) is 0.682. The topological polar surface area (TPSA) is 73.9 Å². The summed E-state index contributed by atoms with van der Waals surface area (Å²) >= 11 is 0. The van der Waals surface area contributed by atoms with Crippen LogP contribution in [0.2, 0.25) is 0 Å². The second-order valence-electron chi connectivity index (χ2n) is 5.90. The molecule has 6 heteroatoms. The maximum Gasteiger partial charge on any atom is 0.306 e. The summed E-state index contributed by atoms with van der Waals surface area (Å²) in [6, 6.07) is 14.6. The zero-order chi connectivity index (χ0) is 19.6. The fourth-order valence-electron chi connectivity index (χ4n) is 2.43. The number of aryl methyl sites for hydroxylation is 1. The van der Waals surface area contributed by atoms with Crippen molar-refractivity contribution in [2.75, 3.05) is 19.0 Å². The number of ether oxygens (including phenoxy) is 3. The van der Waals surface area contributed by atoms with Gasteiger partial charge >= 0.3 is 5.97 Å². The highest BCUT2D eigenvalue weighted by Crippen LogP contribution is 2.24. The molecule has 2 aromatic carbocycles. The van der Waals surface area contributed by atoms with E-state index in [2.05, 4.69) is 5.32 Å². The molecule has 0 unspecified atom stereocenters. The summed E-state index contributed by atoms with van der Waals surface area (Å²) in [6.45, 7) is 3.90. The normalized spacial score (nSPS) is 11.4. The highest BCUT2D eigenvalue weighted by molar-refractivity contribution is 5.96. The highest BCUT2D eigenvalue weighted by atomic mass is 16.5. The van der Waals surface area contributed by atoms with Crippen LogP contribution in [0.4, 0.5) is 5.69 Å². The van der Waals surface area contributed by atoms with Crippen LogP contribution >= 0.6 is 0 Å². The molecule has 1 amide bonds. The van der Waals surface area contributed by atoms with Gasteiger partial charge in [-0.15, -0.1) is 0 Å². The number of rotatable bonds is 9. The van der Waals surface area contributed by atoms with E-state index in [0.717, 1.165) is 11.3 Å². The summed E-state index contributed by atoms with van der Waals surface area (Å²) in [4.78, 5) is 24.3. The highest BCUT2D eigenvalue weighted by Gasteiger charge is 2.19. The monoisotopic (exact) mass is 371 g/mol. The minimum absolute atomic E-state index is 0.194. The van der Waals surface area contributed by atoms with Crippen LogP contribution < -0.4 is 14.8 Å². The summed E-state index contributed by atoms with van der Waals surface area (Å²) in [5.74, 6) is 0.511. The Balaban J connectivity index is 1.83. The lowest BCUT2D eigenvalue weighted by molar-refractivity contribution is -0.153. The molecule has 27 heavy (non-hydrogen) atoms. The molecule has 1 N–H and O–H groups in total. The van der Waals surface area contributed by atoms with Gasteiger partial charge < -0.3 is 19.5 Å². The lowest BCUT2D eigenvalue weighted by Gasteiger charge is -2.15. The zero-order valence-electron chi connectivity index (χ0n) is 15.9. The van der Waals surface area contributed by atoms with Gasteiger partial charge in [0.25, 0.3) is 5.91 Å². The summed E-state index contributed by atoms with van der Waals surface area (Å²) < 4.78 is 15.8. The first kappa shape index (κ1) is 20.3. The van der Waals surface area contributed by atoms with Crippen LogP contribution in [-0.4, -0.2) is 31.7 Å². The van der Waals surface area contributed by atoms with Crippen LogP contribution in [0.3, 0.4) is 0 Å². The van der Waals surface area contributed by atoms with Crippen molar-refractivity contribution >= 4 is 17.6 Å². The predicted molar refractivity (Wildman–Crippen MR) is 103 cm³/mol. The second-order valence-corrected chi connectivity index (χ2v) is 5.90. The average Bonchev–Trinajstić information content (AvgIpc) is 2.68. The van der Waals surface area contributed by atoms with Crippen molar-refractivity contribution in [1.29, 1.82) is 0 Å². The van der Waals surface area contributed by atoms with E-state index in [9.17, 15) is 9.59 Å². The number of nitrogens with one attached hydrogen (secondary N) is 1. The smallest absolute Gasteiger partial charge is 0.306 e. The van der Waals surface area contributed by atoms with Crippen LogP contribution in [0.25, 0.3) is 0 Å². The number of hydrogen-bond donors (Lipinski definition) is 1. The molecule has 1 atom stereocenters. The number of anilines is 1. The third-order valence-electron chi connectivity index (χ3n) is 3.90. The fourth-order valence-corrected chi connectivity index (χ4v) is 2.43. The van der Waals surface area contributed by atoms with Gasteiger partial charge in [-0.05, 0) is 50.1 Å². The largest absolute Gasteiger partial charge is 0.497 e. The molecule has 144 valence electrons. The fraction of sp³-hybridized carbons (Fsp3) is 0.333. The molecule has 0 fully saturated rings.